The van der Waals surface area contributed by atoms with Crippen molar-refractivity contribution in [2.75, 3.05) is 4.90 Å². The van der Waals surface area contributed by atoms with E-state index in [1.165, 1.54) is 4.90 Å². The first kappa shape index (κ1) is 21.7. The molecule has 0 saturated heterocycles. The number of para-hydroxylation sites is 1. The summed E-state index contributed by atoms with van der Waals surface area (Å²) < 4.78 is 155. The summed E-state index contributed by atoms with van der Waals surface area (Å²) in [6, 6.07) is 32.0. The van der Waals surface area contributed by atoms with Crippen LogP contribution >= 0.6 is 0 Å². The van der Waals surface area contributed by atoms with Crippen molar-refractivity contribution >= 4 is 27.8 Å². The molecule has 0 radical (unpaired) electrons. The standard InChI is InChI=1S/C58H41N/c1-3-13-42(14-4-1)44-25-27-46(28-26-44)47-33-37-53(38-34-47)59(58-24-10-9-22-57(58)50-31-29-45(30-32-50)43-15-5-2-6-16-43)54-39-35-48(36-40-54)51-19-11-20-52(41-51)56-23-12-18-49-17-7-8-21-55(49)56/h1-41H/i1D,3D,4D,13D,14D,25D,26D,27D,28D,33D,34D,35D,36D,37D,38D,39D,40D. The molecule has 0 unspecified atom stereocenters. The third kappa shape index (κ3) is 7.34. The SMILES string of the molecule is [2H]c1c([2H])c([2H])c(-c2c([2H])c([2H])c(-c3c([2H])c([2H])c(N(c4ccccc4-c4ccc(-c5ccccc5)cc4)c4c([2H])c([2H])c(-c5cccc(-c6cccc7ccccc67)c5)c([2H])c4[2H])c([2H])c3[2H])c([2H])c2[2H])c([2H])c1[2H]. The van der Waals surface area contributed by atoms with Crippen molar-refractivity contribution in [2.24, 2.45) is 0 Å². The molecule has 0 saturated carbocycles. The van der Waals surface area contributed by atoms with Crippen LogP contribution < -0.4 is 4.90 Å². The molecule has 0 fully saturated rings. The molecular formula is C58H41N. The highest BCUT2D eigenvalue weighted by atomic mass is 15.1. The van der Waals surface area contributed by atoms with Crippen LogP contribution in [0, 0.1) is 0 Å². The Balaban J connectivity index is 1.21. The Kier molecular flexibility index (Phi) is 5.89. The molecular weight excluding hydrogens is 711 g/mol. The predicted molar refractivity (Wildman–Crippen MR) is 251 cm³/mol. The molecule has 10 rings (SSSR count). The summed E-state index contributed by atoms with van der Waals surface area (Å²) in [7, 11) is 0. The van der Waals surface area contributed by atoms with Crippen LogP contribution in [-0.2, 0) is 0 Å². The van der Waals surface area contributed by atoms with Crippen molar-refractivity contribution in [3.63, 3.8) is 0 Å². The van der Waals surface area contributed by atoms with Gasteiger partial charge in [-0.2, -0.15) is 0 Å². The minimum Gasteiger partial charge on any atom is -0.310 e. The summed E-state index contributed by atoms with van der Waals surface area (Å²) in [4.78, 5) is 1.17. The lowest BCUT2D eigenvalue weighted by molar-refractivity contribution is 1.28. The average Bonchev–Trinajstić information content (AvgIpc) is 3.45. The van der Waals surface area contributed by atoms with E-state index in [-0.39, 0.29) is 11.3 Å². The highest BCUT2D eigenvalue weighted by molar-refractivity contribution is 5.97. The Morgan fingerprint density at radius 1 is 0.288 bits per heavy atom. The zero-order chi connectivity index (χ0) is 54.2. The molecule has 0 N–H and O–H groups in total. The summed E-state index contributed by atoms with van der Waals surface area (Å²) in [5.41, 5.74) is 1.52. The molecule has 0 aromatic heterocycles. The Labute approximate surface area is 370 Å². The molecule has 1 heteroatoms. The fraction of sp³-hybridized carbons (Fsp3) is 0. The Hall–Kier alpha value is -7.74. The summed E-state index contributed by atoms with van der Waals surface area (Å²) in [5.74, 6) is 0. The van der Waals surface area contributed by atoms with Crippen LogP contribution in [0.4, 0.5) is 17.1 Å². The quantitative estimate of drug-likeness (QED) is 0.141. The first-order valence-electron chi connectivity index (χ1n) is 27.4. The largest absolute Gasteiger partial charge is 0.310 e. The average molecular weight is 769 g/mol. The van der Waals surface area contributed by atoms with Crippen molar-refractivity contribution in [3.05, 3.63) is 248 Å². The van der Waals surface area contributed by atoms with Crippen LogP contribution in [0.3, 0.4) is 0 Å². The second kappa shape index (κ2) is 16.0. The van der Waals surface area contributed by atoms with Gasteiger partial charge >= 0.3 is 0 Å². The molecule has 10 aromatic rings. The maximum absolute atomic E-state index is 9.76. The van der Waals surface area contributed by atoms with E-state index in [1.807, 2.05) is 103 Å². The first-order valence-corrected chi connectivity index (χ1v) is 18.9. The van der Waals surface area contributed by atoms with Gasteiger partial charge in [-0.05, 0) is 108 Å². The normalized spacial score (nSPS) is 15.1. The molecule has 10 aromatic carbocycles. The number of hydrogen-bond donors (Lipinski definition) is 0. The third-order valence-electron chi connectivity index (χ3n) is 10.00. The molecule has 0 amide bonds. The van der Waals surface area contributed by atoms with E-state index in [4.69, 9.17) is 12.3 Å². The smallest absolute Gasteiger partial charge is 0.0645 e. The summed E-state index contributed by atoms with van der Waals surface area (Å²) in [6.07, 6.45) is 0. The maximum atomic E-state index is 9.76. The summed E-state index contributed by atoms with van der Waals surface area (Å²) in [6.45, 7) is 0. The molecule has 0 aliphatic carbocycles. The lowest BCUT2D eigenvalue weighted by Gasteiger charge is -2.28. The van der Waals surface area contributed by atoms with E-state index in [0.29, 0.717) is 16.7 Å². The Morgan fingerprint density at radius 3 is 1.44 bits per heavy atom. The van der Waals surface area contributed by atoms with Crippen LogP contribution in [0.5, 0.6) is 0 Å². The number of nitrogens with zero attached hydrogens (tertiary/aromatic N) is 1. The second-order valence-corrected chi connectivity index (χ2v) is 13.6. The second-order valence-electron chi connectivity index (χ2n) is 13.6. The molecule has 1 nitrogen and oxygen atoms in total. The van der Waals surface area contributed by atoms with Gasteiger partial charge in [-0.25, -0.2) is 0 Å². The molecule has 0 atom stereocenters. The van der Waals surface area contributed by atoms with Crippen molar-refractivity contribution < 1.29 is 23.3 Å². The minimum absolute atomic E-state index is 0.0316. The highest BCUT2D eigenvalue weighted by Crippen LogP contribution is 2.42. The van der Waals surface area contributed by atoms with Crippen LogP contribution in [-0.4, -0.2) is 0 Å². The lowest BCUT2D eigenvalue weighted by Crippen LogP contribution is -2.11. The van der Waals surface area contributed by atoms with E-state index < -0.39 is 136 Å². The van der Waals surface area contributed by atoms with Crippen LogP contribution in [0.25, 0.3) is 77.5 Å². The van der Waals surface area contributed by atoms with Crippen LogP contribution in [0.1, 0.15) is 23.3 Å². The zero-order valence-corrected chi connectivity index (χ0v) is 31.3. The van der Waals surface area contributed by atoms with Crippen LogP contribution in [0.2, 0.25) is 0 Å². The Morgan fingerprint density at radius 2 is 0.746 bits per heavy atom. The van der Waals surface area contributed by atoms with E-state index in [2.05, 4.69) is 0 Å². The predicted octanol–water partition coefficient (Wildman–Crippen LogP) is 16.3. The molecule has 0 spiro atoms. The maximum Gasteiger partial charge on any atom is 0.0645 e. The summed E-state index contributed by atoms with van der Waals surface area (Å²) in [5, 5.41) is 1.97. The lowest BCUT2D eigenvalue weighted by atomic mass is 9.95. The molecule has 0 aliphatic rings. The number of benzene rings is 10. The number of fused-ring (bicyclic) bond motifs is 1. The molecule has 0 aliphatic heterocycles. The van der Waals surface area contributed by atoms with Crippen molar-refractivity contribution in [3.8, 4) is 66.8 Å². The van der Waals surface area contributed by atoms with Crippen molar-refractivity contribution in [2.45, 2.75) is 0 Å². The molecule has 59 heavy (non-hydrogen) atoms. The van der Waals surface area contributed by atoms with Gasteiger partial charge in [0.1, 0.15) is 0 Å². The fourth-order valence-electron chi connectivity index (χ4n) is 7.10. The van der Waals surface area contributed by atoms with Crippen LogP contribution in [0.15, 0.2) is 248 Å². The summed E-state index contributed by atoms with van der Waals surface area (Å²) >= 11 is 0. The van der Waals surface area contributed by atoms with Gasteiger partial charge in [0.05, 0.1) is 29.0 Å². The monoisotopic (exact) mass is 768 g/mol. The third-order valence-corrected chi connectivity index (χ3v) is 10.00. The topological polar surface area (TPSA) is 3.24 Å². The number of rotatable bonds is 9. The zero-order valence-electron chi connectivity index (χ0n) is 48.3. The van der Waals surface area contributed by atoms with Crippen molar-refractivity contribution in [1.82, 2.24) is 0 Å². The van der Waals surface area contributed by atoms with Gasteiger partial charge in [-0.3, -0.25) is 0 Å². The van der Waals surface area contributed by atoms with E-state index >= 15 is 0 Å². The van der Waals surface area contributed by atoms with Crippen molar-refractivity contribution in [1.29, 1.82) is 0 Å². The van der Waals surface area contributed by atoms with Gasteiger partial charge in [0.2, 0.25) is 0 Å². The molecule has 0 bridgehead atoms. The first-order chi connectivity index (χ1) is 36.3. The Bertz CT molecular complexity index is 3910. The number of anilines is 3. The molecule has 278 valence electrons. The van der Waals surface area contributed by atoms with E-state index in [0.717, 1.165) is 33.0 Å². The minimum atomic E-state index is -0.878. The highest BCUT2D eigenvalue weighted by Gasteiger charge is 2.18. The van der Waals surface area contributed by atoms with Gasteiger partial charge in [0, 0.05) is 16.9 Å². The van der Waals surface area contributed by atoms with Gasteiger partial charge in [0.25, 0.3) is 0 Å². The molecule has 0 heterocycles. The van der Waals surface area contributed by atoms with Gasteiger partial charge in [-0.15, -0.1) is 0 Å². The van der Waals surface area contributed by atoms with E-state index in [1.54, 1.807) is 42.5 Å². The van der Waals surface area contributed by atoms with Gasteiger partial charge < -0.3 is 4.90 Å². The number of hydrogen-bond acceptors (Lipinski definition) is 1. The van der Waals surface area contributed by atoms with E-state index in [9.17, 15) is 11.0 Å². The fourth-order valence-corrected chi connectivity index (χ4v) is 7.10. The van der Waals surface area contributed by atoms with Gasteiger partial charge in [0.15, 0.2) is 0 Å². The van der Waals surface area contributed by atoms with Gasteiger partial charge in [-0.1, -0.05) is 212 Å².